The minimum atomic E-state index is -1.00. The molecule has 0 radical (unpaired) electrons. The van der Waals surface area contributed by atoms with E-state index in [0.29, 0.717) is 12.4 Å². The summed E-state index contributed by atoms with van der Waals surface area (Å²) >= 11 is 0. The lowest BCUT2D eigenvalue weighted by molar-refractivity contribution is -0.134. The lowest BCUT2D eigenvalue weighted by Crippen LogP contribution is -2.59. The van der Waals surface area contributed by atoms with E-state index in [1.165, 1.54) is 0 Å². The SMILES string of the molecule is COc1ccc2cc(CNC(=O)[C@]3(C)CC(=O)N=C4C=CC=CN43)ccc2c1. The number of ether oxygens (including phenoxy) is 1. The van der Waals surface area contributed by atoms with Crippen molar-refractivity contribution >= 4 is 28.4 Å². The predicted molar refractivity (Wildman–Crippen MR) is 108 cm³/mol. The highest BCUT2D eigenvalue weighted by Gasteiger charge is 2.44. The second-order valence-corrected chi connectivity index (χ2v) is 7.12. The molecule has 1 N–H and O–H groups in total. The first-order chi connectivity index (χ1) is 13.5. The van der Waals surface area contributed by atoms with E-state index in [0.717, 1.165) is 22.1 Å². The molecular weight excluding hydrogens is 354 g/mol. The molecule has 28 heavy (non-hydrogen) atoms. The summed E-state index contributed by atoms with van der Waals surface area (Å²) in [6.07, 6.45) is 7.20. The van der Waals surface area contributed by atoms with Crippen molar-refractivity contribution in [1.29, 1.82) is 0 Å². The molecule has 0 saturated heterocycles. The average Bonchev–Trinajstić information content (AvgIpc) is 2.71. The van der Waals surface area contributed by atoms with Crippen LogP contribution in [0.4, 0.5) is 0 Å². The lowest BCUT2D eigenvalue weighted by Gasteiger charge is -2.41. The van der Waals surface area contributed by atoms with Crippen molar-refractivity contribution in [2.45, 2.75) is 25.4 Å². The minimum Gasteiger partial charge on any atom is -0.497 e. The number of rotatable bonds is 4. The highest BCUT2D eigenvalue weighted by Crippen LogP contribution is 2.28. The van der Waals surface area contributed by atoms with Gasteiger partial charge >= 0.3 is 0 Å². The molecule has 6 heteroatoms. The van der Waals surface area contributed by atoms with Gasteiger partial charge in [-0.05, 0) is 53.6 Å². The fraction of sp³-hybridized carbons (Fsp3) is 0.227. The van der Waals surface area contributed by atoms with Crippen LogP contribution in [0.2, 0.25) is 0 Å². The molecule has 2 aliphatic heterocycles. The summed E-state index contributed by atoms with van der Waals surface area (Å²) in [5.41, 5.74) is -0.0145. The predicted octanol–water partition coefficient (Wildman–Crippen LogP) is 2.94. The number of benzene rings is 2. The summed E-state index contributed by atoms with van der Waals surface area (Å²) in [6.45, 7) is 2.15. The Morgan fingerprint density at radius 2 is 2.00 bits per heavy atom. The Hall–Kier alpha value is -3.41. The van der Waals surface area contributed by atoms with E-state index in [-0.39, 0.29) is 18.2 Å². The molecule has 0 unspecified atom stereocenters. The minimum absolute atomic E-state index is 0.0397. The maximum absolute atomic E-state index is 13.0. The first kappa shape index (κ1) is 18.0. The van der Waals surface area contributed by atoms with Gasteiger partial charge in [0.05, 0.1) is 13.5 Å². The zero-order valence-corrected chi connectivity index (χ0v) is 15.8. The van der Waals surface area contributed by atoms with Crippen LogP contribution in [0.15, 0.2) is 65.8 Å². The highest BCUT2D eigenvalue weighted by molar-refractivity contribution is 6.09. The number of hydrogen-bond acceptors (Lipinski definition) is 4. The number of carbonyl (C=O) groups excluding carboxylic acids is 2. The molecule has 0 saturated carbocycles. The van der Waals surface area contributed by atoms with Crippen molar-refractivity contribution in [2.75, 3.05) is 7.11 Å². The van der Waals surface area contributed by atoms with Gasteiger partial charge in [0.15, 0.2) is 0 Å². The Kier molecular flexibility index (Phi) is 4.47. The molecule has 2 heterocycles. The van der Waals surface area contributed by atoms with Crippen molar-refractivity contribution in [3.05, 3.63) is 66.4 Å². The van der Waals surface area contributed by atoms with Gasteiger partial charge in [0.1, 0.15) is 17.1 Å². The number of amidine groups is 1. The number of allylic oxidation sites excluding steroid dienone is 2. The van der Waals surface area contributed by atoms with Gasteiger partial charge in [0.25, 0.3) is 5.91 Å². The number of amides is 2. The third-order valence-corrected chi connectivity index (χ3v) is 5.16. The van der Waals surface area contributed by atoms with Gasteiger partial charge < -0.3 is 15.0 Å². The summed E-state index contributed by atoms with van der Waals surface area (Å²) in [5.74, 6) is 0.812. The van der Waals surface area contributed by atoms with Gasteiger partial charge in [-0.1, -0.05) is 24.3 Å². The zero-order chi connectivity index (χ0) is 19.7. The van der Waals surface area contributed by atoms with Gasteiger partial charge in [-0.15, -0.1) is 0 Å². The zero-order valence-electron chi connectivity index (χ0n) is 15.8. The van der Waals surface area contributed by atoms with Crippen LogP contribution in [0.1, 0.15) is 18.9 Å². The normalized spacial score (nSPS) is 20.7. The molecule has 2 aromatic carbocycles. The summed E-state index contributed by atoms with van der Waals surface area (Å²) < 4.78 is 5.25. The number of aliphatic imine (C=N–C) groups is 1. The Balaban J connectivity index is 1.51. The van der Waals surface area contributed by atoms with Gasteiger partial charge in [-0.25, -0.2) is 0 Å². The molecule has 1 atom stereocenters. The Bertz CT molecular complexity index is 1050. The molecule has 2 aromatic rings. The van der Waals surface area contributed by atoms with Gasteiger partial charge in [-0.2, -0.15) is 4.99 Å². The maximum atomic E-state index is 13.0. The van der Waals surface area contributed by atoms with Crippen molar-refractivity contribution in [1.82, 2.24) is 10.2 Å². The fourth-order valence-electron chi connectivity index (χ4n) is 3.56. The topological polar surface area (TPSA) is 71.0 Å². The average molecular weight is 375 g/mol. The molecule has 0 spiro atoms. The number of methoxy groups -OCH3 is 1. The van der Waals surface area contributed by atoms with Crippen LogP contribution >= 0.6 is 0 Å². The van der Waals surface area contributed by atoms with Crippen LogP contribution in [0.5, 0.6) is 5.75 Å². The molecule has 6 nitrogen and oxygen atoms in total. The molecule has 4 rings (SSSR count). The van der Waals surface area contributed by atoms with E-state index >= 15 is 0 Å². The Morgan fingerprint density at radius 3 is 2.82 bits per heavy atom. The molecule has 0 aromatic heterocycles. The quantitative estimate of drug-likeness (QED) is 0.892. The van der Waals surface area contributed by atoms with Gasteiger partial charge in [0.2, 0.25) is 5.91 Å². The molecule has 2 aliphatic rings. The molecule has 142 valence electrons. The summed E-state index contributed by atoms with van der Waals surface area (Å²) in [5, 5.41) is 5.13. The number of hydrogen-bond donors (Lipinski definition) is 1. The van der Waals surface area contributed by atoms with E-state index < -0.39 is 5.54 Å². The van der Waals surface area contributed by atoms with Gasteiger partial charge in [-0.3, -0.25) is 9.59 Å². The second kappa shape index (κ2) is 6.96. The van der Waals surface area contributed by atoms with Crippen LogP contribution < -0.4 is 10.1 Å². The van der Waals surface area contributed by atoms with Crippen LogP contribution in [-0.4, -0.2) is 35.2 Å². The first-order valence-electron chi connectivity index (χ1n) is 9.10. The Labute approximate surface area is 163 Å². The number of nitrogens with zero attached hydrogens (tertiary/aromatic N) is 2. The van der Waals surface area contributed by atoms with Crippen molar-refractivity contribution in [3.63, 3.8) is 0 Å². The first-order valence-corrected chi connectivity index (χ1v) is 9.10. The monoisotopic (exact) mass is 375 g/mol. The van der Waals surface area contributed by atoms with Crippen molar-refractivity contribution < 1.29 is 14.3 Å². The number of carbonyl (C=O) groups is 2. The largest absolute Gasteiger partial charge is 0.497 e. The van der Waals surface area contributed by atoms with Crippen LogP contribution in [0.3, 0.4) is 0 Å². The van der Waals surface area contributed by atoms with E-state index in [2.05, 4.69) is 10.3 Å². The van der Waals surface area contributed by atoms with Crippen molar-refractivity contribution in [3.8, 4) is 5.75 Å². The lowest BCUT2D eigenvalue weighted by atomic mass is 9.91. The number of fused-ring (bicyclic) bond motifs is 2. The van der Waals surface area contributed by atoms with E-state index in [1.807, 2.05) is 42.5 Å². The summed E-state index contributed by atoms with van der Waals surface area (Å²) in [4.78, 5) is 30.8. The number of nitrogens with one attached hydrogen (secondary N) is 1. The smallest absolute Gasteiger partial charge is 0.250 e. The maximum Gasteiger partial charge on any atom is 0.250 e. The van der Waals surface area contributed by atoms with Gasteiger partial charge in [0, 0.05) is 12.7 Å². The summed E-state index contributed by atoms with van der Waals surface area (Å²) in [7, 11) is 1.64. The second-order valence-electron chi connectivity index (χ2n) is 7.12. The molecule has 0 bridgehead atoms. The highest BCUT2D eigenvalue weighted by atomic mass is 16.5. The van der Waals surface area contributed by atoms with E-state index in [9.17, 15) is 9.59 Å². The van der Waals surface area contributed by atoms with Crippen LogP contribution in [-0.2, 0) is 16.1 Å². The molecule has 2 amide bonds. The van der Waals surface area contributed by atoms with Crippen LogP contribution in [0, 0.1) is 0 Å². The van der Waals surface area contributed by atoms with E-state index in [4.69, 9.17) is 4.74 Å². The fourth-order valence-corrected chi connectivity index (χ4v) is 3.56. The van der Waals surface area contributed by atoms with Crippen LogP contribution in [0.25, 0.3) is 10.8 Å². The standard InChI is InChI=1S/C22H21N3O3/c1-22(13-20(26)24-19-5-3-4-10-25(19)22)21(27)23-14-15-6-7-17-12-18(28-2)9-8-16(17)11-15/h3-12H,13-14H2,1-2H3,(H,23,27)/t22-/m0/s1. The molecule has 0 fully saturated rings. The third-order valence-electron chi connectivity index (χ3n) is 5.16. The summed E-state index contributed by atoms with van der Waals surface area (Å²) in [6, 6.07) is 11.9. The molecular formula is C22H21N3O3. The molecule has 0 aliphatic carbocycles. The van der Waals surface area contributed by atoms with Crippen molar-refractivity contribution in [2.24, 2.45) is 4.99 Å². The Morgan fingerprint density at radius 1 is 1.21 bits per heavy atom. The van der Waals surface area contributed by atoms with E-state index in [1.54, 1.807) is 37.3 Å². The third kappa shape index (κ3) is 3.17.